The molecule has 28 heavy (non-hydrogen) atoms. The molecule has 0 aliphatic heterocycles. The Morgan fingerprint density at radius 2 is 1.96 bits per heavy atom. The van der Waals surface area contributed by atoms with E-state index >= 15 is 0 Å². The lowest BCUT2D eigenvalue weighted by Crippen LogP contribution is -2.15. The molecule has 0 fully saturated rings. The third-order valence-electron chi connectivity index (χ3n) is 4.57. The molecule has 1 amide bonds. The maximum absolute atomic E-state index is 12.9. The van der Waals surface area contributed by atoms with E-state index in [1.165, 1.54) is 0 Å². The van der Waals surface area contributed by atoms with Crippen LogP contribution in [0.3, 0.4) is 0 Å². The Kier molecular flexibility index (Phi) is 3.65. The number of imidazole rings is 2. The molecule has 5 aromatic rings. The van der Waals surface area contributed by atoms with Crippen LogP contribution in [0.1, 0.15) is 16.2 Å². The number of benzene rings is 1. The lowest BCUT2D eigenvalue weighted by Gasteiger charge is -2.07. The summed E-state index contributed by atoms with van der Waals surface area (Å²) in [5.74, 6) is 0.429. The van der Waals surface area contributed by atoms with Gasteiger partial charge in [-0.2, -0.15) is 0 Å². The van der Waals surface area contributed by atoms with Gasteiger partial charge in [-0.25, -0.2) is 15.0 Å². The van der Waals surface area contributed by atoms with Crippen molar-refractivity contribution in [2.75, 3.05) is 5.32 Å². The standard InChI is InChI=1S/C21H16N6O/c1-14-19(27-11-3-2-8-18(27)23-14)20(28)24-16-7-4-6-15(12-16)17-13-26-10-5-9-22-21(26)25-17/h2-13H,1H3,(H,24,28). The molecule has 0 atom stereocenters. The fourth-order valence-corrected chi connectivity index (χ4v) is 3.30. The van der Waals surface area contributed by atoms with Gasteiger partial charge in [0.2, 0.25) is 5.78 Å². The number of anilines is 1. The highest BCUT2D eigenvalue weighted by molar-refractivity contribution is 6.04. The Balaban J connectivity index is 1.48. The van der Waals surface area contributed by atoms with Gasteiger partial charge in [-0.15, -0.1) is 0 Å². The van der Waals surface area contributed by atoms with Gasteiger partial charge < -0.3 is 5.32 Å². The Morgan fingerprint density at radius 3 is 2.86 bits per heavy atom. The van der Waals surface area contributed by atoms with E-state index in [2.05, 4.69) is 20.3 Å². The first-order valence-electron chi connectivity index (χ1n) is 8.84. The summed E-state index contributed by atoms with van der Waals surface area (Å²) in [7, 11) is 0. The first-order chi connectivity index (χ1) is 13.7. The van der Waals surface area contributed by atoms with Crippen LogP contribution in [0.15, 0.2) is 73.3 Å². The van der Waals surface area contributed by atoms with E-state index < -0.39 is 0 Å². The summed E-state index contributed by atoms with van der Waals surface area (Å²) in [4.78, 5) is 26.1. The van der Waals surface area contributed by atoms with Crippen LogP contribution in [0.2, 0.25) is 0 Å². The van der Waals surface area contributed by atoms with Gasteiger partial charge in [0.1, 0.15) is 11.3 Å². The third kappa shape index (κ3) is 2.69. The number of aromatic nitrogens is 5. The van der Waals surface area contributed by atoms with E-state index in [9.17, 15) is 4.79 Å². The Morgan fingerprint density at radius 1 is 1.04 bits per heavy atom. The van der Waals surface area contributed by atoms with Crippen LogP contribution in [0.25, 0.3) is 22.7 Å². The van der Waals surface area contributed by atoms with Crippen molar-refractivity contribution in [3.05, 3.63) is 84.7 Å². The summed E-state index contributed by atoms with van der Waals surface area (Å²) < 4.78 is 3.66. The van der Waals surface area contributed by atoms with Crippen molar-refractivity contribution in [2.24, 2.45) is 0 Å². The molecule has 4 aromatic heterocycles. The molecule has 0 unspecified atom stereocenters. The van der Waals surface area contributed by atoms with E-state index in [1.54, 1.807) is 10.6 Å². The van der Waals surface area contributed by atoms with Crippen molar-refractivity contribution in [2.45, 2.75) is 6.92 Å². The molecule has 1 N–H and O–H groups in total. The van der Waals surface area contributed by atoms with Crippen molar-refractivity contribution < 1.29 is 4.79 Å². The smallest absolute Gasteiger partial charge is 0.274 e. The van der Waals surface area contributed by atoms with Crippen molar-refractivity contribution >= 4 is 23.0 Å². The molecule has 0 spiro atoms. The normalized spacial score (nSPS) is 11.2. The van der Waals surface area contributed by atoms with Crippen LogP contribution >= 0.6 is 0 Å². The highest BCUT2D eigenvalue weighted by Crippen LogP contribution is 2.23. The highest BCUT2D eigenvalue weighted by atomic mass is 16.2. The minimum atomic E-state index is -0.204. The number of fused-ring (bicyclic) bond motifs is 2. The monoisotopic (exact) mass is 368 g/mol. The summed E-state index contributed by atoms with van der Waals surface area (Å²) in [6, 6.07) is 15.1. The Labute approximate surface area is 160 Å². The Bertz CT molecular complexity index is 1300. The van der Waals surface area contributed by atoms with Gasteiger partial charge in [0.05, 0.1) is 11.4 Å². The molecular weight excluding hydrogens is 352 g/mol. The average molecular weight is 368 g/mol. The zero-order chi connectivity index (χ0) is 19.1. The second-order valence-electron chi connectivity index (χ2n) is 6.46. The maximum Gasteiger partial charge on any atom is 0.274 e. The van der Waals surface area contributed by atoms with Crippen molar-refractivity contribution in [1.29, 1.82) is 0 Å². The number of hydrogen-bond donors (Lipinski definition) is 1. The molecular formula is C21H16N6O. The van der Waals surface area contributed by atoms with Gasteiger partial charge in [-0.1, -0.05) is 18.2 Å². The fraction of sp³-hybridized carbons (Fsp3) is 0.0476. The molecule has 7 heteroatoms. The number of carbonyl (C=O) groups excluding carboxylic acids is 1. The molecule has 0 saturated carbocycles. The number of nitrogens with one attached hydrogen (secondary N) is 1. The zero-order valence-corrected chi connectivity index (χ0v) is 15.1. The fourth-order valence-electron chi connectivity index (χ4n) is 3.30. The molecule has 0 aliphatic rings. The van der Waals surface area contributed by atoms with Crippen LogP contribution in [0.5, 0.6) is 0 Å². The summed E-state index contributed by atoms with van der Waals surface area (Å²) >= 11 is 0. The van der Waals surface area contributed by atoms with Crippen LogP contribution in [-0.4, -0.2) is 29.7 Å². The van der Waals surface area contributed by atoms with Gasteiger partial charge >= 0.3 is 0 Å². The molecule has 4 heterocycles. The van der Waals surface area contributed by atoms with Gasteiger partial charge in [0.25, 0.3) is 5.91 Å². The number of hydrogen-bond acceptors (Lipinski definition) is 4. The maximum atomic E-state index is 12.9. The molecule has 1 aromatic carbocycles. The molecule has 0 saturated heterocycles. The zero-order valence-electron chi connectivity index (χ0n) is 15.1. The number of carbonyl (C=O) groups is 1. The third-order valence-corrected chi connectivity index (χ3v) is 4.57. The van der Waals surface area contributed by atoms with Gasteiger partial charge in [0, 0.05) is 36.0 Å². The summed E-state index contributed by atoms with van der Waals surface area (Å²) in [5, 5.41) is 2.97. The van der Waals surface area contributed by atoms with E-state index in [4.69, 9.17) is 0 Å². The average Bonchev–Trinajstić information content (AvgIpc) is 3.28. The lowest BCUT2D eigenvalue weighted by molar-refractivity contribution is 0.102. The van der Waals surface area contributed by atoms with E-state index in [-0.39, 0.29) is 5.91 Å². The highest BCUT2D eigenvalue weighted by Gasteiger charge is 2.16. The molecule has 7 nitrogen and oxygen atoms in total. The van der Waals surface area contributed by atoms with Crippen LogP contribution < -0.4 is 5.32 Å². The lowest BCUT2D eigenvalue weighted by atomic mass is 10.1. The molecule has 0 radical (unpaired) electrons. The quantitative estimate of drug-likeness (QED) is 0.528. The molecule has 0 bridgehead atoms. The number of aryl methyl sites for hydroxylation is 1. The molecule has 5 rings (SSSR count). The minimum Gasteiger partial charge on any atom is -0.321 e. The number of rotatable bonds is 3. The second kappa shape index (κ2) is 6.31. The van der Waals surface area contributed by atoms with E-state index in [0.29, 0.717) is 22.9 Å². The summed E-state index contributed by atoms with van der Waals surface area (Å²) in [6.07, 6.45) is 7.36. The predicted molar refractivity (Wildman–Crippen MR) is 106 cm³/mol. The van der Waals surface area contributed by atoms with Crippen LogP contribution in [-0.2, 0) is 0 Å². The minimum absolute atomic E-state index is 0.204. The Hall–Kier alpha value is -4.00. The van der Waals surface area contributed by atoms with Crippen LogP contribution in [0.4, 0.5) is 5.69 Å². The number of amides is 1. The number of nitrogens with zero attached hydrogens (tertiary/aromatic N) is 5. The van der Waals surface area contributed by atoms with Gasteiger partial charge in [-0.3, -0.25) is 13.6 Å². The summed E-state index contributed by atoms with van der Waals surface area (Å²) in [5.41, 5.74) is 4.34. The van der Waals surface area contributed by atoms with E-state index in [1.807, 2.05) is 78.4 Å². The first-order valence-corrected chi connectivity index (χ1v) is 8.84. The van der Waals surface area contributed by atoms with Crippen molar-refractivity contribution in [3.63, 3.8) is 0 Å². The van der Waals surface area contributed by atoms with Gasteiger partial charge in [-0.05, 0) is 37.3 Å². The second-order valence-corrected chi connectivity index (χ2v) is 6.46. The van der Waals surface area contributed by atoms with Crippen molar-refractivity contribution in [1.82, 2.24) is 23.8 Å². The molecule has 136 valence electrons. The molecule has 0 aliphatic carbocycles. The van der Waals surface area contributed by atoms with Crippen molar-refractivity contribution in [3.8, 4) is 11.3 Å². The first kappa shape index (κ1) is 16.2. The largest absolute Gasteiger partial charge is 0.321 e. The SMILES string of the molecule is Cc1nc2ccccn2c1C(=O)Nc1cccc(-c2cn3cccnc3n2)c1. The predicted octanol–water partition coefficient (Wildman–Crippen LogP) is 3.60. The number of pyridine rings is 1. The topological polar surface area (TPSA) is 76.6 Å². The van der Waals surface area contributed by atoms with Gasteiger partial charge in [0.15, 0.2) is 0 Å². The summed E-state index contributed by atoms with van der Waals surface area (Å²) in [6.45, 7) is 1.84. The van der Waals surface area contributed by atoms with E-state index in [0.717, 1.165) is 16.9 Å². The van der Waals surface area contributed by atoms with Crippen LogP contribution in [0, 0.1) is 6.92 Å².